The fourth-order valence-electron chi connectivity index (χ4n) is 4.01. The molecular formula is C28H29N3O5. The lowest BCUT2D eigenvalue weighted by atomic mass is 10.1. The van der Waals surface area contributed by atoms with Crippen molar-refractivity contribution in [3.05, 3.63) is 88.2 Å². The van der Waals surface area contributed by atoms with Crippen molar-refractivity contribution in [2.75, 3.05) is 32.0 Å². The first-order valence-corrected chi connectivity index (χ1v) is 11.4. The van der Waals surface area contributed by atoms with Crippen molar-refractivity contribution in [3.8, 4) is 17.2 Å². The van der Waals surface area contributed by atoms with Crippen molar-refractivity contribution in [1.82, 2.24) is 4.57 Å². The number of nitrogens with zero attached hydrogens (tertiary/aromatic N) is 1. The van der Waals surface area contributed by atoms with Crippen LogP contribution in [0.1, 0.15) is 11.1 Å². The summed E-state index contributed by atoms with van der Waals surface area (Å²) < 4.78 is 17.4. The van der Waals surface area contributed by atoms with Gasteiger partial charge in [-0.15, -0.1) is 0 Å². The van der Waals surface area contributed by atoms with E-state index in [-0.39, 0.29) is 24.6 Å². The molecule has 8 heteroatoms. The number of hydrogen-bond acceptors (Lipinski definition) is 6. The molecule has 0 spiro atoms. The van der Waals surface area contributed by atoms with E-state index < -0.39 is 0 Å². The van der Waals surface area contributed by atoms with Gasteiger partial charge in [0, 0.05) is 35.6 Å². The van der Waals surface area contributed by atoms with Gasteiger partial charge in [-0.05, 0) is 54.3 Å². The highest BCUT2D eigenvalue weighted by Gasteiger charge is 2.14. The average Bonchev–Trinajstić information content (AvgIpc) is 2.89. The van der Waals surface area contributed by atoms with Gasteiger partial charge >= 0.3 is 0 Å². The minimum absolute atomic E-state index is 0.125. The van der Waals surface area contributed by atoms with Gasteiger partial charge in [-0.1, -0.05) is 18.2 Å². The Morgan fingerprint density at radius 2 is 1.67 bits per heavy atom. The van der Waals surface area contributed by atoms with Gasteiger partial charge in [0.05, 0.1) is 26.8 Å². The Morgan fingerprint density at radius 3 is 2.42 bits per heavy atom. The summed E-state index contributed by atoms with van der Waals surface area (Å²) in [5.74, 6) is 1.53. The Labute approximate surface area is 209 Å². The fourth-order valence-corrected chi connectivity index (χ4v) is 4.01. The van der Waals surface area contributed by atoms with Crippen molar-refractivity contribution in [2.24, 2.45) is 0 Å². The van der Waals surface area contributed by atoms with E-state index in [9.17, 15) is 9.59 Å². The predicted octanol–water partition coefficient (Wildman–Crippen LogP) is 4.59. The number of nitrogens with one attached hydrogen (secondary N) is 2. The third kappa shape index (κ3) is 5.43. The molecule has 0 unspecified atom stereocenters. The zero-order valence-corrected chi connectivity index (χ0v) is 20.8. The number of carbonyl (C=O) groups excluding carboxylic acids is 1. The maximum atomic E-state index is 13.5. The molecule has 4 aromatic rings. The summed E-state index contributed by atoms with van der Waals surface area (Å²) in [4.78, 5) is 26.4. The monoisotopic (exact) mass is 487 g/mol. The largest absolute Gasteiger partial charge is 0.497 e. The van der Waals surface area contributed by atoms with Crippen LogP contribution in [0.2, 0.25) is 0 Å². The first-order valence-electron chi connectivity index (χ1n) is 11.4. The SMILES string of the molecule is COc1cccc(NC(=O)Cn2c(=O)c(CNc3ccc(OC)c(OC)c3)cc3ccc(C)cc32)c1. The van der Waals surface area contributed by atoms with Gasteiger partial charge in [0.15, 0.2) is 11.5 Å². The molecule has 1 aromatic heterocycles. The molecule has 0 fully saturated rings. The minimum atomic E-state index is -0.307. The normalized spacial score (nSPS) is 10.7. The maximum absolute atomic E-state index is 13.5. The lowest BCUT2D eigenvalue weighted by Gasteiger charge is -2.15. The summed E-state index contributed by atoms with van der Waals surface area (Å²) in [6.07, 6.45) is 0. The zero-order valence-electron chi connectivity index (χ0n) is 20.8. The van der Waals surface area contributed by atoms with Gasteiger partial charge in [-0.3, -0.25) is 14.2 Å². The van der Waals surface area contributed by atoms with Crippen LogP contribution in [0.15, 0.2) is 71.5 Å². The molecule has 36 heavy (non-hydrogen) atoms. The molecule has 0 bridgehead atoms. The number of aryl methyl sites for hydroxylation is 1. The van der Waals surface area contributed by atoms with E-state index in [1.54, 1.807) is 51.7 Å². The number of anilines is 2. The Kier molecular flexibility index (Phi) is 7.44. The van der Waals surface area contributed by atoms with Gasteiger partial charge in [0.25, 0.3) is 5.56 Å². The second-order valence-electron chi connectivity index (χ2n) is 8.33. The van der Waals surface area contributed by atoms with E-state index in [0.29, 0.717) is 34.0 Å². The zero-order chi connectivity index (χ0) is 25.7. The van der Waals surface area contributed by atoms with E-state index in [4.69, 9.17) is 14.2 Å². The molecule has 1 heterocycles. The summed E-state index contributed by atoms with van der Waals surface area (Å²) in [5.41, 5.74) is 3.38. The number of amides is 1. The molecule has 1 amide bonds. The van der Waals surface area contributed by atoms with Crippen LogP contribution in [0.5, 0.6) is 17.2 Å². The molecule has 0 saturated heterocycles. The maximum Gasteiger partial charge on any atom is 0.256 e. The van der Waals surface area contributed by atoms with Crippen LogP contribution >= 0.6 is 0 Å². The third-order valence-electron chi connectivity index (χ3n) is 5.85. The summed E-state index contributed by atoms with van der Waals surface area (Å²) >= 11 is 0. The number of fused-ring (bicyclic) bond motifs is 1. The number of rotatable bonds is 9. The number of methoxy groups -OCH3 is 3. The molecule has 0 saturated carbocycles. The van der Waals surface area contributed by atoms with Crippen molar-refractivity contribution in [3.63, 3.8) is 0 Å². The molecule has 186 valence electrons. The Balaban J connectivity index is 1.63. The highest BCUT2D eigenvalue weighted by Crippen LogP contribution is 2.30. The van der Waals surface area contributed by atoms with Crippen LogP contribution in [0.4, 0.5) is 11.4 Å². The van der Waals surface area contributed by atoms with E-state index in [1.807, 2.05) is 43.3 Å². The lowest BCUT2D eigenvalue weighted by Crippen LogP contribution is -2.30. The number of pyridine rings is 1. The van der Waals surface area contributed by atoms with Crippen molar-refractivity contribution < 1.29 is 19.0 Å². The Bertz CT molecular complexity index is 1460. The van der Waals surface area contributed by atoms with E-state index in [2.05, 4.69) is 10.6 Å². The molecule has 0 aliphatic rings. The quantitative estimate of drug-likeness (QED) is 0.359. The number of hydrogen-bond donors (Lipinski definition) is 2. The molecular weight excluding hydrogens is 458 g/mol. The average molecular weight is 488 g/mol. The predicted molar refractivity (Wildman–Crippen MR) is 141 cm³/mol. The van der Waals surface area contributed by atoms with Crippen molar-refractivity contribution in [2.45, 2.75) is 20.0 Å². The summed E-state index contributed by atoms with van der Waals surface area (Å²) in [7, 11) is 4.72. The van der Waals surface area contributed by atoms with E-state index in [1.165, 1.54) is 4.57 Å². The molecule has 3 aromatic carbocycles. The van der Waals surface area contributed by atoms with Crippen molar-refractivity contribution >= 4 is 28.2 Å². The highest BCUT2D eigenvalue weighted by atomic mass is 16.5. The molecule has 0 atom stereocenters. The number of benzene rings is 3. The third-order valence-corrected chi connectivity index (χ3v) is 5.85. The first-order chi connectivity index (χ1) is 17.4. The van der Waals surface area contributed by atoms with Gasteiger partial charge in [0.1, 0.15) is 12.3 Å². The van der Waals surface area contributed by atoms with Gasteiger partial charge in [-0.25, -0.2) is 0 Å². The molecule has 0 aliphatic carbocycles. The van der Waals surface area contributed by atoms with Crippen LogP contribution in [0, 0.1) is 6.92 Å². The summed E-state index contributed by atoms with van der Waals surface area (Å²) in [5, 5.41) is 7.00. The summed E-state index contributed by atoms with van der Waals surface area (Å²) in [6.45, 7) is 2.10. The van der Waals surface area contributed by atoms with Gasteiger partial charge in [0.2, 0.25) is 5.91 Å². The van der Waals surface area contributed by atoms with Crippen LogP contribution in [0.25, 0.3) is 10.9 Å². The standard InChI is InChI=1S/C28H29N3O5/c1-18-8-9-19-13-20(16-29-21-10-11-25(35-3)26(15-21)36-4)28(33)31(24(19)12-18)17-27(32)30-22-6-5-7-23(14-22)34-2/h5-15,29H,16-17H2,1-4H3,(H,30,32). The first kappa shape index (κ1) is 24.7. The second-order valence-corrected chi connectivity index (χ2v) is 8.33. The number of carbonyl (C=O) groups is 1. The van der Waals surface area contributed by atoms with Crippen LogP contribution in [0.3, 0.4) is 0 Å². The fraction of sp³-hybridized carbons (Fsp3) is 0.214. The molecule has 0 aliphatic heterocycles. The molecule has 0 radical (unpaired) electrons. The summed E-state index contributed by atoms with van der Waals surface area (Å²) in [6, 6.07) is 20.3. The van der Waals surface area contributed by atoms with Gasteiger partial charge < -0.3 is 24.8 Å². The minimum Gasteiger partial charge on any atom is -0.497 e. The van der Waals surface area contributed by atoms with Crippen LogP contribution in [-0.2, 0) is 17.9 Å². The van der Waals surface area contributed by atoms with E-state index >= 15 is 0 Å². The molecule has 8 nitrogen and oxygen atoms in total. The lowest BCUT2D eigenvalue weighted by molar-refractivity contribution is -0.116. The molecule has 4 rings (SSSR count). The second kappa shape index (κ2) is 10.9. The Hall–Kier alpha value is -4.46. The topological polar surface area (TPSA) is 90.8 Å². The number of aromatic nitrogens is 1. The van der Waals surface area contributed by atoms with Crippen LogP contribution < -0.4 is 30.4 Å². The van der Waals surface area contributed by atoms with E-state index in [0.717, 1.165) is 16.6 Å². The number of ether oxygens (including phenoxy) is 3. The smallest absolute Gasteiger partial charge is 0.256 e. The molecule has 2 N–H and O–H groups in total. The van der Waals surface area contributed by atoms with Crippen LogP contribution in [-0.4, -0.2) is 31.8 Å². The highest BCUT2D eigenvalue weighted by molar-refractivity contribution is 5.92. The Morgan fingerprint density at radius 1 is 0.861 bits per heavy atom. The van der Waals surface area contributed by atoms with Gasteiger partial charge in [-0.2, -0.15) is 0 Å². The van der Waals surface area contributed by atoms with Crippen molar-refractivity contribution in [1.29, 1.82) is 0 Å².